The highest BCUT2D eigenvalue weighted by atomic mass is 19.4. The van der Waals surface area contributed by atoms with Crippen molar-refractivity contribution in [3.05, 3.63) is 47.7 Å². The van der Waals surface area contributed by atoms with Crippen LogP contribution in [0.4, 0.5) is 19.0 Å². The van der Waals surface area contributed by atoms with Gasteiger partial charge in [0.1, 0.15) is 5.82 Å². The van der Waals surface area contributed by atoms with E-state index in [2.05, 4.69) is 15.5 Å². The van der Waals surface area contributed by atoms with Crippen LogP contribution in [0.3, 0.4) is 0 Å². The molecular formula is C13H10F3N3O2. The minimum Gasteiger partial charge on any atom is -0.504 e. The van der Waals surface area contributed by atoms with E-state index in [9.17, 15) is 23.4 Å². The van der Waals surface area contributed by atoms with Crippen LogP contribution in [-0.2, 0) is 6.18 Å². The molecule has 0 aliphatic carbocycles. The first-order chi connectivity index (χ1) is 9.88. The molecule has 0 amide bonds. The zero-order chi connectivity index (χ0) is 15.5. The first-order valence-electron chi connectivity index (χ1n) is 5.71. The fourth-order valence-corrected chi connectivity index (χ4v) is 1.45. The summed E-state index contributed by atoms with van der Waals surface area (Å²) in [4.78, 5) is 3.56. The molecule has 21 heavy (non-hydrogen) atoms. The number of aromatic hydroxyl groups is 2. The van der Waals surface area contributed by atoms with Gasteiger partial charge in [-0.2, -0.15) is 18.3 Å². The second kappa shape index (κ2) is 5.70. The average molecular weight is 297 g/mol. The van der Waals surface area contributed by atoms with Crippen LogP contribution in [-0.4, -0.2) is 21.4 Å². The molecule has 0 unspecified atom stereocenters. The van der Waals surface area contributed by atoms with Gasteiger partial charge < -0.3 is 10.2 Å². The van der Waals surface area contributed by atoms with E-state index >= 15 is 0 Å². The van der Waals surface area contributed by atoms with Crippen molar-refractivity contribution in [3.8, 4) is 11.5 Å². The number of halogens is 3. The second-order valence-corrected chi connectivity index (χ2v) is 4.01. The van der Waals surface area contributed by atoms with E-state index in [-0.39, 0.29) is 22.9 Å². The highest BCUT2D eigenvalue weighted by molar-refractivity contribution is 5.85. The van der Waals surface area contributed by atoms with Crippen LogP contribution in [0.1, 0.15) is 11.1 Å². The van der Waals surface area contributed by atoms with Gasteiger partial charge in [-0.3, -0.25) is 5.43 Å². The average Bonchev–Trinajstić information content (AvgIpc) is 2.43. The number of para-hydroxylation sites is 1. The number of nitrogens with one attached hydrogen (secondary N) is 1. The quantitative estimate of drug-likeness (QED) is 0.462. The number of pyridine rings is 1. The van der Waals surface area contributed by atoms with Gasteiger partial charge in [0.05, 0.1) is 11.8 Å². The summed E-state index contributed by atoms with van der Waals surface area (Å²) >= 11 is 0. The Labute approximate surface area is 117 Å². The topological polar surface area (TPSA) is 77.7 Å². The lowest BCUT2D eigenvalue weighted by Gasteiger charge is -2.06. The predicted octanol–water partition coefficient (Wildman–Crippen LogP) is 2.96. The van der Waals surface area contributed by atoms with Gasteiger partial charge in [-0.05, 0) is 24.3 Å². The first kappa shape index (κ1) is 14.6. The highest BCUT2D eigenvalue weighted by Gasteiger charge is 2.30. The summed E-state index contributed by atoms with van der Waals surface area (Å²) < 4.78 is 37.0. The summed E-state index contributed by atoms with van der Waals surface area (Å²) in [6, 6.07) is 6.31. The van der Waals surface area contributed by atoms with Crippen LogP contribution in [0.2, 0.25) is 0 Å². The molecule has 0 aliphatic rings. The van der Waals surface area contributed by atoms with E-state index in [4.69, 9.17) is 0 Å². The van der Waals surface area contributed by atoms with Gasteiger partial charge in [0.2, 0.25) is 0 Å². The third-order valence-electron chi connectivity index (χ3n) is 2.52. The van der Waals surface area contributed by atoms with Gasteiger partial charge >= 0.3 is 6.18 Å². The first-order valence-corrected chi connectivity index (χ1v) is 5.71. The number of nitrogens with zero attached hydrogens (tertiary/aromatic N) is 2. The Hall–Kier alpha value is -2.77. The zero-order valence-corrected chi connectivity index (χ0v) is 10.5. The Kier molecular flexibility index (Phi) is 3.97. The highest BCUT2D eigenvalue weighted by Crippen LogP contribution is 2.29. The number of anilines is 1. The molecule has 0 saturated heterocycles. The molecule has 0 atom stereocenters. The maximum atomic E-state index is 12.3. The van der Waals surface area contributed by atoms with E-state index in [1.54, 1.807) is 0 Å². The molecule has 5 nitrogen and oxygen atoms in total. The SMILES string of the molecule is Oc1cccc(/C=N/Nc2ccc(C(F)(F)F)cn2)c1O. The van der Waals surface area contributed by atoms with Crippen molar-refractivity contribution >= 4 is 12.0 Å². The smallest absolute Gasteiger partial charge is 0.417 e. The number of rotatable bonds is 3. The summed E-state index contributed by atoms with van der Waals surface area (Å²) in [7, 11) is 0. The molecule has 110 valence electrons. The maximum Gasteiger partial charge on any atom is 0.417 e. The van der Waals surface area contributed by atoms with Gasteiger partial charge in [-0.25, -0.2) is 4.98 Å². The molecule has 2 aromatic rings. The number of phenols is 2. The lowest BCUT2D eigenvalue weighted by atomic mass is 10.2. The second-order valence-electron chi connectivity index (χ2n) is 4.01. The van der Waals surface area contributed by atoms with Crippen LogP contribution in [0.5, 0.6) is 11.5 Å². The number of phenolic OH excluding ortho intramolecular Hbond substituents is 2. The molecule has 0 fully saturated rings. The lowest BCUT2D eigenvalue weighted by molar-refractivity contribution is -0.137. The number of aromatic nitrogens is 1. The van der Waals surface area contributed by atoms with Gasteiger partial charge in [0.25, 0.3) is 0 Å². The minimum absolute atomic E-state index is 0.110. The molecule has 3 N–H and O–H groups in total. The molecule has 8 heteroatoms. The third-order valence-corrected chi connectivity index (χ3v) is 2.52. The van der Waals surface area contributed by atoms with Crippen molar-refractivity contribution in [1.82, 2.24) is 4.98 Å². The molecule has 1 aromatic carbocycles. The van der Waals surface area contributed by atoms with E-state index in [0.717, 1.165) is 12.1 Å². The third kappa shape index (κ3) is 3.62. The van der Waals surface area contributed by atoms with E-state index in [0.29, 0.717) is 6.20 Å². The van der Waals surface area contributed by atoms with Crippen molar-refractivity contribution in [2.24, 2.45) is 5.10 Å². The van der Waals surface area contributed by atoms with Crippen molar-refractivity contribution in [2.75, 3.05) is 5.43 Å². The summed E-state index contributed by atoms with van der Waals surface area (Å²) in [5.74, 6) is -0.533. The predicted molar refractivity (Wildman–Crippen MR) is 70.2 cm³/mol. The zero-order valence-electron chi connectivity index (χ0n) is 10.5. The Bertz CT molecular complexity index is 655. The van der Waals surface area contributed by atoms with Crippen LogP contribution in [0.15, 0.2) is 41.6 Å². The molecule has 0 radical (unpaired) electrons. The van der Waals surface area contributed by atoms with Crippen molar-refractivity contribution in [2.45, 2.75) is 6.18 Å². The van der Waals surface area contributed by atoms with Gasteiger partial charge in [0, 0.05) is 11.8 Å². The van der Waals surface area contributed by atoms with Crippen molar-refractivity contribution in [1.29, 1.82) is 0 Å². The minimum atomic E-state index is -4.44. The number of hydrogen-bond donors (Lipinski definition) is 3. The monoisotopic (exact) mass is 297 g/mol. The Morgan fingerprint density at radius 2 is 1.90 bits per heavy atom. The van der Waals surface area contributed by atoms with Gasteiger partial charge in [0.15, 0.2) is 11.5 Å². The molecule has 2 rings (SSSR count). The van der Waals surface area contributed by atoms with Gasteiger partial charge in [-0.15, -0.1) is 0 Å². The van der Waals surface area contributed by atoms with Crippen LogP contribution < -0.4 is 5.43 Å². The number of hydrazone groups is 1. The van der Waals surface area contributed by atoms with Crippen LogP contribution in [0, 0.1) is 0 Å². The Morgan fingerprint density at radius 3 is 2.52 bits per heavy atom. The fourth-order valence-electron chi connectivity index (χ4n) is 1.45. The van der Waals surface area contributed by atoms with Crippen molar-refractivity contribution < 1.29 is 23.4 Å². The molecule has 0 saturated carbocycles. The number of benzene rings is 1. The standard InChI is InChI=1S/C13H10F3N3O2/c14-13(15,16)9-4-5-11(17-7-9)19-18-6-8-2-1-3-10(20)12(8)21/h1-7,20-21H,(H,17,19)/b18-6+. The largest absolute Gasteiger partial charge is 0.504 e. The number of alkyl halides is 3. The number of hydrogen-bond acceptors (Lipinski definition) is 5. The van der Waals surface area contributed by atoms with Crippen LogP contribution >= 0.6 is 0 Å². The van der Waals surface area contributed by atoms with Crippen molar-refractivity contribution in [3.63, 3.8) is 0 Å². The molecular weight excluding hydrogens is 287 g/mol. The van der Waals surface area contributed by atoms with E-state index in [1.165, 1.54) is 24.4 Å². The summed E-state index contributed by atoms with van der Waals surface area (Å²) in [5, 5.41) is 22.5. The Morgan fingerprint density at radius 1 is 1.14 bits per heavy atom. The Balaban J connectivity index is 2.06. The summed E-state index contributed by atoms with van der Waals surface area (Å²) in [6.07, 6.45) is -2.56. The van der Waals surface area contributed by atoms with E-state index < -0.39 is 11.7 Å². The summed E-state index contributed by atoms with van der Waals surface area (Å²) in [5.41, 5.74) is 1.80. The maximum absolute atomic E-state index is 12.3. The normalized spacial score (nSPS) is 11.8. The lowest BCUT2D eigenvalue weighted by Crippen LogP contribution is -2.05. The van der Waals surface area contributed by atoms with Gasteiger partial charge in [-0.1, -0.05) is 6.07 Å². The molecule has 0 spiro atoms. The van der Waals surface area contributed by atoms with E-state index in [1.807, 2.05) is 0 Å². The fraction of sp³-hybridized carbons (Fsp3) is 0.0769. The van der Waals surface area contributed by atoms with Crippen LogP contribution in [0.25, 0.3) is 0 Å². The summed E-state index contributed by atoms with van der Waals surface area (Å²) in [6.45, 7) is 0. The molecule has 0 aliphatic heterocycles. The molecule has 0 bridgehead atoms. The molecule has 1 heterocycles. The molecule has 1 aromatic heterocycles.